The fraction of sp³-hybridized carbons (Fsp3) is 0.667. The molecule has 0 saturated carbocycles. The first-order valence-electron chi connectivity index (χ1n) is 6.21. The predicted octanol–water partition coefficient (Wildman–Crippen LogP) is 0.941. The fourth-order valence-corrected chi connectivity index (χ4v) is 2.10. The molecule has 94 valence electrons. The molecule has 1 fully saturated rings. The summed E-state index contributed by atoms with van der Waals surface area (Å²) in [5.41, 5.74) is 6.33. The van der Waals surface area contributed by atoms with E-state index in [2.05, 4.69) is 14.9 Å². The zero-order chi connectivity index (χ0) is 12.1. The molecule has 2 rings (SSSR count). The van der Waals surface area contributed by atoms with Crippen LogP contribution in [-0.4, -0.2) is 35.8 Å². The Morgan fingerprint density at radius 2 is 2.12 bits per heavy atom. The minimum atomic E-state index is 0.410. The molecule has 1 aliphatic rings. The van der Waals surface area contributed by atoms with Gasteiger partial charge in [-0.05, 0) is 19.8 Å². The second-order valence-electron chi connectivity index (χ2n) is 4.21. The van der Waals surface area contributed by atoms with Crippen LogP contribution in [0.25, 0.3) is 0 Å². The van der Waals surface area contributed by atoms with Crippen molar-refractivity contribution < 1.29 is 4.74 Å². The second-order valence-corrected chi connectivity index (χ2v) is 4.21. The maximum atomic E-state index is 5.62. The first kappa shape index (κ1) is 12.3. The lowest BCUT2D eigenvalue weighted by Crippen LogP contribution is -2.37. The normalized spacial score (nSPS) is 17.4. The van der Waals surface area contributed by atoms with Crippen LogP contribution in [0.4, 0.5) is 5.82 Å². The Hall–Kier alpha value is -1.20. The van der Waals surface area contributed by atoms with Gasteiger partial charge in [-0.15, -0.1) is 0 Å². The molecular weight excluding hydrogens is 216 g/mol. The van der Waals surface area contributed by atoms with Crippen LogP contribution >= 0.6 is 0 Å². The van der Waals surface area contributed by atoms with E-state index >= 15 is 0 Å². The quantitative estimate of drug-likeness (QED) is 0.843. The highest BCUT2D eigenvalue weighted by molar-refractivity contribution is 5.36. The van der Waals surface area contributed by atoms with Crippen molar-refractivity contribution in [2.24, 2.45) is 5.73 Å². The molecule has 0 radical (unpaired) electrons. The maximum absolute atomic E-state index is 5.62. The van der Waals surface area contributed by atoms with Gasteiger partial charge in [-0.1, -0.05) is 0 Å². The van der Waals surface area contributed by atoms with Crippen molar-refractivity contribution in [2.75, 3.05) is 24.6 Å². The van der Waals surface area contributed by atoms with Crippen molar-refractivity contribution in [1.29, 1.82) is 0 Å². The molecule has 5 nitrogen and oxygen atoms in total. The molecule has 0 aromatic carbocycles. The summed E-state index contributed by atoms with van der Waals surface area (Å²) < 4.78 is 5.62. The number of nitrogens with zero attached hydrogens (tertiary/aromatic N) is 3. The molecular formula is C12H20N4O. The molecule has 5 heteroatoms. The van der Waals surface area contributed by atoms with E-state index in [-0.39, 0.29) is 0 Å². The SMILES string of the molecule is CCOC1CCN(c2cnc(CN)cn2)CC1. The average Bonchev–Trinajstić information content (AvgIpc) is 2.40. The van der Waals surface area contributed by atoms with Crippen LogP contribution in [-0.2, 0) is 11.3 Å². The maximum Gasteiger partial charge on any atom is 0.147 e. The van der Waals surface area contributed by atoms with E-state index in [1.165, 1.54) is 0 Å². The average molecular weight is 236 g/mol. The number of anilines is 1. The van der Waals surface area contributed by atoms with E-state index in [1.54, 1.807) is 6.20 Å². The molecule has 1 aromatic heterocycles. The second kappa shape index (κ2) is 5.93. The first-order chi connectivity index (χ1) is 8.33. The Labute approximate surface area is 102 Å². The highest BCUT2D eigenvalue weighted by Gasteiger charge is 2.20. The van der Waals surface area contributed by atoms with Gasteiger partial charge in [0.15, 0.2) is 0 Å². The Morgan fingerprint density at radius 3 is 2.65 bits per heavy atom. The van der Waals surface area contributed by atoms with Gasteiger partial charge in [-0.3, -0.25) is 4.98 Å². The predicted molar refractivity (Wildman–Crippen MR) is 66.8 cm³/mol. The van der Waals surface area contributed by atoms with Crippen molar-refractivity contribution in [3.8, 4) is 0 Å². The van der Waals surface area contributed by atoms with Crippen molar-refractivity contribution in [2.45, 2.75) is 32.4 Å². The van der Waals surface area contributed by atoms with Gasteiger partial charge in [-0.25, -0.2) is 4.98 Å². The van der Waals surface area contributed by atoms with Crippen molar-refractivity contribution >= 4 is 5.82 Å². The third-order valence-electron chi connectivity index (χ3n) is 3.07. The lowest BCUT2D eigenvalue weighted by molar-refractivity contribution is 0.0458. The zero-order valence-electron chi connectivity index (χ0n) is 10.3. The molecule has 0 bridgehead atoms. The van der Waals surface area contributed by atoms with Crippen molar-refractivity contribution in [3.05, 3.63) is 18.1 Å². The molecule has 17 heavy (non-hydrogen) atoms. The van der Waals surface area contributed by atoms with Crippen LogP contribution < -0.4 is 10.6 Å². The van der Waals surface area contributed by atoms with Gasteiger partial charge >= 0.3 is 0 Å². The zero-order valence-corrected chi connectivity index (χ0v) is 10.3. The largest absolute Gasteiger partial charge is 0.378 e. The standard InChI is InChI=1S/C12H20N4O/c1-2-17-11-3-5-16(6-4-11)12-9-14-10(7-13)8-15-12/h8-9,11H,2-7,13H2,1H3. The van der Waals surface area contributed by atoms with E-state index in [9.17, 15) is 0 Å². The molecule has 2 heterocycles. The van der Waals surface area contributed by atoms with Gasteiger partial charge in [0.05, 0.1) is 24.2 Å². The number of hydrogen-bond acceptors (Lipinski definition) is 5. The molecule has 0 spiro atoms. The number of nitrogens with two attached hydrogens (primary N) is 1. The van der Waals surface area contributed by atoms with E-state index in [1.807, 2.05) is 13.1 Å². The van der Waals surface area contributed by atoms with Gasteiger partial charge in [0.1, 0.15) is 5.82 Å². The Bertz CT molecular complexity index is 333. The van der Waals surface area contributed by atoms with E-state index < -0.39 is 0 Å². The summed E-state index contributed by atoms with van der Waals surface area (Å²) in [6.07, 6.45) is 6.10. The molecule has 0 atom stereocenters. The van der Waals surface area contributed by atoms with E-state index in [0.717, 1.165) is 44.0 Å². The molecule has 0 unspecified atom stereocenters. The first-order valence-corrected chi connectivity index (χ1v) is 6.21. The van der Waals surface area contributed by atoms with Gasteiger partial charge < -0.3 is 15.4 Å². The van der Waals surface area contributed by atoms with E-state index in [0.29, 0.717) is 12.6 Å². The Morgan fingerprint density at radius 1 is 1.35 bits per heavy atom. The number of aromatic nitrogens is 2. The Balaban J connectivity index is 1.91. The van der Waals surface area contributed by atoms with Crippen LogP contribution in [0.2, 0.25) is 0 Å². The molecule has 1 aromatic rings. The highest BCUT2D eigenvalue weighted by Crippen LogP contribution is 2.18. The Kier molecular flexibility index (Phi) is 4.28. The molecule has 0 aliphatic carbocycles. The molecule has 1 saturated heterocycles. The van der Waals surface area contributed by atoms with Crippen LogP contribution in [0.15, 0.2) is 12.4 Å². The molecule has 0 amide bonds. The number of piperidine rings is 1. The minimum absolute atomic E-state index is 0.410. The smallest absolute Gasteiger partial charge is 0.147 e. The summed E-state index contributed by atoms with van der Waals surface area (Å²) in [6.45, 7) is 5.27. The minimum Gasteiger partial charge on any atom is -0.378 e. The summed E-state index contributed by atoms with van der Waals surface area (Å²) in [5, 5.41) is 0. The van der Waals surface area contributed by atoms with Crippen LogP contribution in [0.1, 0.15) is 25.5 Å². The lowest BCUT2D eigenvalue weighted by Gasteiger charge is -2.32. The summed E-state index contributed by atoms with van der Waals surface area (Å²) in [4.78, 5) is 10.9. The topological polar surface area (TPSA) is 64.3 Å². The third-order valence-corrected chi connectivity index (χ3v) is 3.07. The fourth-order valence-electron chi connectivity index (χ4n) is 2.10. The van der Waals surface area contributed by atoms with Crippen LogP contribution in [0.3, 0.4) is 0 Å². The number of rotatable bonds is 4. The summed E-state index contributed by atoms with van der Waals surface area (Å²) in [5.74, 6) is 0.942. The van der Waals surface area contributed by atoms with Gasteiger partial charge in [0, 0.05) is 26.2 Å². The van der Waals surface area contributed by atoms with Crippen LogP contribution in [0.5, 0.6) is 0 Å². The number of hydrogen-bond donors (Lipinski definition) is 1. The number of ether oxygens (including phenoxy) is 1. The van der Waals surface area contributed by atoms with Crippen molar-refractivity contribution in [3.63, 3.8) is 0 Å². The van der Waals surface area contributed by atoms with Crippen LogP contribution in [0, 0.1) is 0 Å². The summed E-state index contributed by atoms with van der Waals surface area (Å²) in [7, 11) is 0. The summed E-state index contributed by atoms with van der Waals surface area (Å²) in [6, 6.07) is 0. The van der Waals surface area contributed by atoms with Gasteiger partial charge in [0.2, 0.25) is 0 Å². The van der Waals surface area contributed by atoms with E-state index in [4.69, 9.17) is 10.5 Å². The molecule has 2 N–H and O–H groups in total. The summed E-state index contributed by atoms with van der Waals surface area (Å²) >= 11 is 0. The monoisotopic (exact) mass is 236 g/mol. The van der Waals surface area contributed by atoms with Crippen molar-refractivity contribution in [1.82, 2.24) is 9.97 Å². The molecule has 1 aliphatic heterocycles. The van der Waals surface area contributed by atoms with Gasteiger partial charge in [0.25, 0.3) is 0 Å². The highest BCUT2D eigenvalue weighted by atomic mass is 16.5. The third kappa shape index (κ3) is 3.14. The lowest BCUT2D eigenvalue weighted by atomic mass is 10.1. The van der Waals surface area contributed by atoms with Gasteiger partial charge in [-0.2, -0.15) is 0 Å².